The number of nitro groups is 1. The third-order valence-electron chi connectivity index (χ3n) is 3.93. The van der Waals surface area contributed by atoms with Gasteiger partial charge in [0.15, 0.2) is 0 Å². The molecule has 1 amide bonds. The van der Waals surface area contributed by atoms with Crippen molar-refractivity contribution in [3.05, 3.63) is 64.2 Å². The molecule has 0 fully saturated rings. The first kappa shape index (κ1) is 19.9. The van der Waals surface area contributed by atoms with Crippen LogP contribution in [0.5, 0.6) is 0 Å². The summed E-state index contributed by atoms with van der Waals surface area (Å²) in [5.41, 5.74) is -0.754. The lowest BCUT2D eigenvalue weighted by Gasteiger charge is -2.10. The third-order valence-corrected chi connectivity index (χ3v) is 3.93. The van der Waals surface area contributed by atoms with Crippen LogP contribution in [-0.2, 0) is 11.0 Å². The number of hydrogen-bond acceptors (Lipinski definition) is 6. The first-order valence-electron chi connectivity index (χ1n) is 8.17. The molecule has 1 aromatic heterocycles. The number of nitro benzene ring substituents is 1. The molecule has 150 valence electrons. The van der Waals surface area contributed by atoms with Crippen LogP contribution < -0.4 is 5.32 Å². The van der Waals surface area contributed by atoms with Crippen LogP contribution in [0.3, 0.4) is 0 Å². The quantitative estimate of drug-likeness (QED) is 0.512. The van der Waals surface area contributed by atoms with Crippen LogP contribution in [0.25, 0.3) is 11.4 Å². The van der Waals surface area contributed by atoms with Gasteiger partial charge in [0.25, 0.3) is 11.6 Å². The maximum atomic E-state index is 12.9. The molecule has 0 radical (unpaired) electrons. The second-order valence-corrected chi connectivity index (χ2v) is 5.98. The van der Waals surface area contributed by atoms with Gasteiger partial charge in [0.05, 0.1) is 10.5 Å². The topological polar surface area (TPSA) is 116 Å². The first-order chi connectivity index (χ1) is 13.6. The number of halogens is 3. The van der Waals surface area contributed by atoms with Gasteiger partial charge in [-0.3, -0.25) is 14.9 Å². The molecule has 0 aliphatic heterocycles. The second-order valence-electron chi connectivity index (χ2n) is 5.98. The summed E-state index contributed by atoms with van der Waals surface area (Å²) in [5.74, 6) is -0.662. The molecule has 1 unspecified atom stereocenters. The summed E-state index contributed by atoms with van der Waals surface area (Å²) in [6, 6.07) is 8.80. The van der Waals surface area contributed by atoms with Crippen LogP contribution >= 0.6 is 0 Å². The number of tetrazole rings is 1. The summed E-state index contributed by atoms with van der Waals surface area (Å²) >= 11 is 0. The van der Waals surface area contributed by atoms with Crippen molar-refractivity contribution >= 4 is 17.3 Å². The molecular formula is C17H13F3N6O3. The lowest BCUT2D eigenvalue weighted by atomic mass is 10.1. The Labute approximate surface area is 161 Å². The predicted octanol–water partition coefficient (Wildman–Crippen LogP) is 3.47. The highest BCUT2D eigenvalue weighted by Gasteiger charge is 2.31. The summed E-state index contributed by atoms with van der Waals surface area (Å²) in [7, 11) is 0. The van der Waals surface area contributed by atoms with E-state index in [4.69, 9.17) is 0 Å². The van der Waals surface area contributed by atoms with Gasteiger partial charge in [-0.15, -0.1) is 10.2 Å². The fraction of sp³-hybridized carbons (Fsp3) is 0.176. The SMILES string of the molecule is CC(C(=O)Nc1cccc([N+](=O)[O-])c1)n1nnc(-c2cccc(C(F)(F)F)c2)n1. The largest absolute Gasteiger partial charge is 0.416 e. The molecule has 0 saturated carbocycles. The van der Waals surface area contributed by atoms with E-state index in [9.17, 15) is 28.1 Å². The molecule has 3 aromatic rings. The molecule has 0 aliphatic carbocycles. The van der Waals surface area contributed by atoms with Crippen LogP contribution in [0.2, 0.25) is 0 Å². The van der Waals surface area contributed by atoms with Crippen molar-refractivity contribution in [1.82, 2.24) is 20.2 Å². The number of nitrogens with one attached hydrogen (secondary N) is 1. The van der Waals surface area contributed by atoms with E-state index < -0.39 is 28.6 Å². The number of hydrogen-bond donors (Lipinski definition) is 1. The molecule has 0 spiro atoms. The Kier molecular flexibility index (Phi) is 5.26. The molecule has 1 N–H and O–H groups in total. The Bertz CT molecular complexity index is 1070. The van der Waals surface area contributed by atoms with E-state index in [1.165, 1.54) is 43.3 Å². The molecule has 2 aromatic carbocycles. The van der Waals surface area contributed by atoms with Crippen molar-refractivity contribution in [2.24, 2.45) is 0 Å². The molecule has 1 atom stereocenters. The molecule has 1 heterocycles. The minimum atomic E-state index is -4.52. The van der Waals surface area contributed by atoms with Crippen molar-refractivity contribution in [3.63, 3.8) is 0 Å². The number of amides is 1. The average molecular weight is 406 g/mol. The van der Waals surface area contributed by atoms with Crippen molar-refractivity contribution in [3.8, 4) is 11.4 Å². The van der Waals surface area contributed by atoms with E-state index in [-0.39, 0.29) is 22.8 Å². The van der Waals surface area contributed by atoms with E-state index in [1.807, 2.05) is 0 Å². The molecule has 9 nitrogen and oxygen atoms in total. The number of anilines is 1. The van der Waals surface area contributed by atoms with E-state index >= 15 is 0 Å². The number of carbonyl (C=O) groups is 1. The number of nitrogens with zero attached hydrogens (tertiary/aromatic N) is 5. The number of benzene rings is 2. The van der Waals surface area contributed by atoms with Crippen LogP contribution in [0.15, 0.2) is 48.5 Å². The fourth-order valence-corrected chi connectivity index (χ4v) is 2.39. The summed E-state index contributed by atoms with van der Waals surface area (Å²) in [6.45, 7) is 1.45. The standard InChI is InChI=1S/C17H13F3N6O3/c1-10(16(27)21-13-6-3-7-14(9-13)26(28)29)25-23-15(22-24-25)11-4-2-5-12(8-11)17(18,19)20/h2-10H,1H3,(H,21,27). The number of carbonyl (C=O) groups excluding carboxylic acids is 1. The molecular weight excluding hydrogens is 393 g/mol. The summed E-state index contributed by atoms with van der Waals surface area (Å²) < 4.78 is 38.6. The van der Waals surface area contributed by atoms with Gasteiger partial charge in [0.1, 0.15) is 6.04 Å². The highest BCUT2D eigenvalue weighted by atomic mass is 19.4. The predicted molar refractivity (Wildman–Crippen MR) is 94.7 cm³/mol. The van der Waals surface area contributed by atoms with Gasteiger partial charge in [-0.1, -0.05) is 18.2 Å². The normalized spacial score (nSPS) is 12.4. The van der Waals surface area contributed by atoms with Crippen LogP contribution in [0.1, 0.15) is 18.5 Å². The molecule has 12 heteroatoms. The molecule has 0 saturated heterocycles. The van der Waals surface area contributed by atoms with Gasteiger partial charge in [-0.2, -0.15) is 18.0 Å². The van der Waals surface area contributed by atoms with Crippen molar-refractivity contribution in [2.75, 3.05) is 5.32 Å². The Hall–Kier alpha value is -3.83. The maximum Gasteiger partial charge on any atom is 0.416 e. The van der Waals surface area contributed by atoms with Gasteiger partial charge in [-0.05, 0) is 30.3 Å². The minimum Gasteiger partial charge on any atom is -0.324 e. The zero-order valence-corrected chi connectivity index (χ0v) is 14.8. The molecule has 3 rings (SSSR count). The summed E-state index contributed by atoms with van der Waals surface area (Å²) in [4.78, 5) is 23.5. The lowest BCUT2D eigenvalue weighted by Crippen LogP contribution is -2.25. The monoisotopic (exact) mass is 406 g/mol. The highest BCUT2D eigenvalue weighted by Crippen LogP contribution is 2.31. The highest BCUT2D eigenvalue weighted by molar-refractivity contribution is 5.93. The first-order valence-corrected chi connectivity index (χ1v) is 8.17. The zero-order valence-electron chi connectivity index (χ0n) is 14.8. The molecule has 0 aliphatic rings. The van der Waals surface area contributed by atoms with Gasteiger partial charge in [0, 0.05) is 23.4 Å². The average Bonchev–Trinajstić information content (AvgIpc) is 3.17. The molecule has 0 bridgehead atoms. The zero-order chi connectivity index (χ0) is 21.2. The van der Waals surface area contributed by atoms with Gasteiger partial charge in [0.2, 0.25) is 5.82 Å². The summed E-state index contributed by atoms with van der Waals surface area (Å²) in [5, 5.41) is 24.7. The lowest BCUT2D eigenvalue weighted by molar-refractivity contribution is -0.384. The van der Waals surface area contributed by atoms with Crippen molar-refractivity contribution in [2.45, 2.75) is 19.1 Å². The summed E-state index contributed by atoms with van der Waals surface area (Å²) in [6.07, 6.45) is -4.52. The fourth-order valence-electron chi connectivity index (χ4n) is 2.39. The van der Waals surface area contributed by atoms with E-state index in [1.54, 1.807) is 0 Å². The smallest absolute Gasteiger partial charge is 0.324 e. The number of non-ortho nitro benzene ring substituents is 1. The number of aromatic nitrogens is 4. The Morgan fingerprint density at radius 2 is 1.93 bits per heavy atom. The van der Waals surface area contributed by atoms with Crippen LogP contribution in [0, 0.1) is 10.1 Å². The van der Waals surface area contributed by atoms with E-state index in [0.717, 1.165) is 16.9 Å². The van der Waals surface area contributed by atoms with Gasteiger partial charge >= 0.3 is 6.18 Å². The Morgan fingerprint density at radius 1 is 1.21 bits per heavy atom. The Morgan fingerprint density at radius 3 is 2.62 bits per heavy atom. The van der Waals surface area contributed by atoms with Gasteiger partial charge < -0.3 is 5.32 Å². The number of alkyl halides is 3. The third kappa shape index (κ3) is 4.54. The van der Waals surface area contributed by atoms with Crippen LogP contribution in [0.4, 0.5) is 24.5 Å². The van der Waals surface area contributed by atoms with E-state index in [0.29, 0.717) is 0 Å². The maximum absolute atomic E-state index is 12.9. The second kappa shape index (κ2) is 7.66. The van der Waals surface area contributed by atoms with Crippen LogP contribution in [-0.4, -0.2) is 31.0 Å². The van der Waals surface area contributed by atoms with Gasteiger partial charge in [-0.25, -0.2) is 0 Å². The van der Waals surface area contributed by atoms with Crippen molar-refractivity contribution < 1.29 is 22.9 Å². The van der Waals surface area contributed by atoms with Crippen molar-refractivity contribution in [1.29, 1.82) is 0 Å². The van der Waals surface area contributed by atoms with E-state index in [2.05, 4.69) is 20.7 Å². The minimum absolute atomic E-state index is 0.0777. The number of rotatable bonds is 5. The Balaban J connectivity index is 1.77. The molecule has 29 heavy (non-hydrogen) atoms.